The van der Waals surface area contributed by atoms with Crippen molar-refractivity contribution in [3.05, 3.63) is 57.9 Å². The molecule has 0 spiro atoms. The van der Waals surface area contributed by atoms with Crippen molar-refractivity contribution in [3.8, 4) is 0 Å². The van der Waals surface area contributed by atoms with E-state index < -0.39 is 11.6 Å². The summed E-state index contributed by atoms with van der Waals surface area (Å²) in [6.07, 6.45) is 2.01. The smallest absolute Gasteiger partial charge is 0.410 e. The van der Waals surface area contributed by atoms with Crippen LogP contribution in [-0.2, 0) is 20.7 Å². The number of allylic oxidation sites excluding steroid dienone is 1. The average Bonchev–Trinajstić information content (AvgIpc) is 2.76. The van der Waals surface area contributed by atoms with Crippen LogP contribution in [0.2, 0.25) is 0 Å². The lowest BCUT2D eigenvalue weighted by Crippen LogP contribution is -2.40. The predicted octanol–water partition coefficient (Wildman–Crippen LogP) is 6.16. The van der Waals surface area contributed by atoms with E-state index in [2.05, 4.69) is 17.4 Å². The third-order valence-corrected chi connectivity index (χ3v) is 5.33. The molecule has 0 aromatic heterocycles. The zero-order chi connectivity index (χ0) is 25.0. The molecular formula is C26H39ClN2O4. The minimum atomic E-state index is -0.607. The number of nitrogens with zero attached hydrogens (tertiary/aromatic N) is 1. The summed E-state index contributed by atoms with van der Waals surface area (Å²) in [7, 11) is 0. The molecule has 0 bridgehead atoms. The maximum atomic E-state index is 13.0. The van der Waals surface area contributed by atoms with Crippen molar-refractivity contribution < 1.29 is 19.1 Å². The van der Waals surface area contributed by atoms with Crippen molar-refractivity contribution >= 4 is 23.7 Å². The number of hydrogen-bond acceptors (Lipinski definition) is 5. The zero-order valence-corrected chi connectivity index (χ0v) is 21.8. The average molecular weight is 479 g/mol. The summed E-state index contributed by atoms with van der Waals surface area (Å²) in [5.41, 5.74) is 2.69. The van der Waals surface area contributed by atoms with Crippen LogP contribution in [0.3, 0.4) is 0 Å². The standard InChI is InChI=1S/C26H39ClN2O4/c1-8-19(3)22(28-23(27)20(4)24(30)32-9-2)18-29(25(31)33-26(5,6)7)17-13-16-21-14-11-10-12-15-21/h10-12,14-15,28H,8-9,13,16-18H2,1-7H3/b22-19+,23-20+. The van der Waals surface area contributed by atoms with Gasteiger partial charge in [0.25, 0.3) is 0 Å². The van der Waals surface area contributed by atoms with Crippen LogP contribution < -0.4 is 5.32 Å². The van der Waals surface area contributed by atoms with Crippen LogP contribution in [0.1, 0.15) is 66.9 Å². The van der Waals surface area contributed by atoms with Crippen LogP contribution in [0.15, 0.2) is 52.3 Å². The molecule has 0 aliphatic carbocycles. The summed E-state index contributed by atoms with van der Waals surface area (Å²) in [4.78, 5) is 26.7. The van der Waals surface area contributed by atoms with Gasteiger partial charge < -0.3 is 19.7 Å². The molecule has 184 valence electrons. The highest BCUT2D eigenvalue weighted by atomic mass is 35.5. The molecular weight excluding hydrogens is 440 g/mol. The fraction of sp³-hybridized carbons (Fsp3) is 0.538. The summed E-state index contributed by atoms with van der Waals surface area (Å²) >= 11 is 6.41. The minimum Gasteiger partial charge on any atom is -0.463 e. The summed E-state index contributed by atoms with van der Waals surface area (Å²) in [5, 5.41) is 3.32. The molecule has 6 nitrogen and oxygen atoms in total. The van der Waals surface area contributed by atoms with E-state index in [1.807, 2.05) is 52.8 Å². The Kier molecular flexibility index (Phi) is 12.1. The zero-order valence-electron chi connectivity index (χ0n) is 21.1. The molecule has 7 heteroatoms. The first kappa shape index (κ1) is 28.6. The summed E-state index contributed by atoms with van der Waals surface area (Å²) in [6, 6.07) is 10.2. The Morgan fingerprint density at radius 3 is 2.27 bits per heavy atom. The molecule has 0 atom stereocenters. The largest absolute Gasteiger partial charge is 0.463 e. The van der Waals surface area contributed by atoms with Gasteiger partial charge in [-0.1, -0.05) is 54.4 Å². The first-order valence-electron chi connectivity index (χ1n) is 11.5. The molecule has 0 heterocycles. The SMILES string of the molecule is CCOC(=O)/C(C)=C(\Cl)N/C(CN(CCCc1ccccc1)C(=O)OC(C)(C)C)=C(\C)CC. The van der Waals surface area contributed by atoms with Gasteiger partial charge in [0.1, 0.15) is 10.8 Å². The van der Waals surface area contributed by atoms with E-state index in [4.69, 9.17) is 21.1 Å². The number of carbonyl (C=O) groups excluding carboxylic acids is 2. The summed E-state index contributed by atoms with van der Waals surface area (Å²) in [5.74, 6) is -0.477. The summed E-state index contributed by atoms with van der Waals surface area (Å²) in [6.45, 7) is 14.0. The second kappa shape index (κ2) is 13.9. The first-order chi connectivity index (χ1) is 15.5. The highest BCUT2D eigenvalue weighted by Gasteiger charge is 2.24. The molecule has 0 aliphatic heterocycles. The van der Waals surface area contributed by atoms with Gasteiger partial charge in [-0.3, -0.25) is 0 Å². The molecule has 0 aliphatic rings. The highest BCUT2D eigenvalue weighted by Crippen LogP contribution is 2.17. The van der Waals surface area contributed by atoms with E-state index in [1.165, 1.54) is 5.56 Å². The third-order valence-electron chi connectivity index (χ3n) is 4.95. The third kappa shape index (κ3) is 10.8. The number of carbonyl (C=O) groups is 2. The molecule has 1 rings (SSSR count). The predicted molar refractivity (Wildman–Crippen MR) is 134 cm³/mol. The van der Waals surface area contributed by atoms with Crippen LogP contribution in [0.25, 0.3) is 0 Å². The molecule has 0 saturated carbocycles. The maximum Gasteiger partial charge on any atom is 0.410 e. The Morgan fingerprint density at radius 2 is 1.73 bits per heavy atom. The Balaban J connectivity index is 3.07. The highest BCUT2D eigenvalue weighted by molar-refractivity contribution is 6.31. The van der Waals surface area contributed by atoms with Gasteiger partial charge in [-0.05, 0) is 66.4 Å². The molecule has 1 N–H and O–H groups in total. The number of esters is 1. The lowest BCUT2D eigenvalue weighted by molar-refractivity contribution is -0.138. The number of benzene rings is 1. The van der Waals surface area contributed by atoms with E-state index in [0.29, 0.717) is 6.54 Å². The fourth-order valence-electron chi connectivity index (χ4n) is 2.92. The second-order valence-corrected chi connectivity index (χ2v) is 9.27. The van der Waals surface area contributed by atoms with E-state index in [9.17, 15) is 9.59 Å². The van der Waals surface area contributed by atoms with Crippen LogP contribution in [0.4, 0.5) is 4.79 Å². The molecule has 0 saturated heterocycles. The van der Waals surface area contributed by atoms with Crippen molar-refractivity contribution in [2.45, 2.75) is 73.3 Å². The summed E-state index contributed by atoms with van der Waals surface area (Å²) < 4.78 is 10.7. The van der Waals surface area contributed by atoms with E-state index in [1.54, 1.807) is 18.7 Å². The Bertz CT molecular complexity index is 842. The van der Waals surface area contributed by atoms with E-state index >= 15 is 0 Å². The van der Waals surface area contributed by atoms with Gasteiger partial charge in [-0.2, -0.15) is 0 Å². The van der Waals surface area contributed by atoms with Crippen LogP contribution in [-0.4, -0.2) is 42.3 Å². The maximum absolute atomic E-state index is 13.0. The van der Waals surface area contributed by atoms with Crippen LogP contribution in [0, 0.1) is 0 Å². The van der Waals surface area contributed by atoms with Crippen LogP contribution >= 0.6 is 11.6 Å². The van der Waals surface area contributed by atoms with Gasteiger partial charge in [0, 0.05) is 12.2 Å². The topological polar surface area (TPSA) is 67.9 Å². The quantitative estimate of drug-likeness (QED) is 0.234. The van der Waals surface area contributed by atoms with Crippen molar-refractivity contribution in [3.63, 3.8) is 0 Å². The van der Waals surface area contributed by atoms with Crippen LogP contribution in [0.5, 0.6) is 0 Å². The van der Waals surface area contributed by atoms with Crippen molar-refractivity contribution in [2.24, 2.45) is 0 Å². The lowest BCUT2D eigenvalue weighted by atomic mass is 10.1. The van der Waals surface area contributed by atoms with Crippen molar-refractivity contribution in [2.75, 3.05) is 19.7 Å². The van der Waals surface area contributed by atoms with Crippen molar-refractivity contribution in [1.82, 2.24) is 10.2 Å². The molecule has 1 aromatic carbocycles. The Morgan fingerprint density at radius 1 is 1.09 bits per heavy atom. The normalized spacial score (nSPS) is 13.0. The van der Waals surface area contributed by atoms with E-state index in [-0.39, 0.29) is 30.0 Å². The number of amides is 1. The molecule has 0 radical (unpaired) electrons. The number of nitrogens with one attached hydrogen (secondary N) is 1. The number of ether oxygens (including phenoxy) is 2. The lowest BCUT2D eigenvalue weighted by Gasteiger charge is -2.29. The van der Waals surface area contributed by atoms with Gasteiger partial charge in [-0.25, -0.2) is 9.59 Å². The molecule has 1 amide bonds. The van der Waals surface area contributed by atoms with Crippen molar-refractivity contribution in [1.29, 1.82) is 0 Å². The molecule has 0 unspecified atom stereocenters. The number of rotatable bonds is 11. The molecule has 0 fully saturated rings. The number of aryl methyl sites for hydroxylation is 1. The van der Waals surface area contributed by atoms with Gasteiger partial charge in [0.05, 0.1) is 18.7 Å². The Labute approximate surface area is 204 Å². The van der Waals surface area contributed by atoms with Gasteiger partial charge in [-0.15, -0.1) is 0 Å². The molecule has 1 aromatic rings. The van der Waals surface area contributed by atoms with Gasteiger partial charge in [0.15, 0.2) is 0 Å². The molecule has 33 heavy (non-hydrogen) atoms. The van der Waals surface area contributed by atoms with Gasteiger partial charge >= 0.3 is 12.1 Å². The minimum absolute atomic E-state index is 0.185. The number of halogens is 1. The first-order valence-corrected chi connectivity index (χ1v) is 11.9. The Hall–Kier alpha value is -2.47. The number of hydrogen-bond donors (Lipinski definition) is 1. The fourth-order valence-corrected chi connectivity index (χ4v) is 3.11. The monoisotopic (exact) mass is 478 g/mol. The van der Waals surface area contributed by atoms with Gasteiger partial charge in [0.2, 0.25) is 0 Å². The van der Waals surface area contributed by atoms with E-state index in [0.717, 1.165) is 30.5 Å². The second-order valence-electron chi connectivity index (χ2n) is 8.89.